The second kappa shape index (κ2) is 2.51. The van der Waals surface area contributed by atoms with Crippen molar-refractivity contribution in [3.63, 3.8) is 0 Å². The maximum absolute atomic E-state index is 7.62. The minimum atomic E-state index is -0.168. The zero-order chi connectivity index (χ0) is 10.3. The van der Waals surface area contributed by atoms with Crippen molar-refractivity contribution >= 4 is 5.82 Å². The molecular formula is C8H10N2O. The van der Waals surface area contributed by atoms with Gasteiger partial charge >= 0.3 is 0 Å². The SMILES string of the molecule is [2H]c1c(N)nc(C2COC2)c([2H])c1[2H]. The summed E-state index contributed by atoms with van der Waals surface area (Å²) >= 11 is 0. The molecule has 2 heterocycles. The molecule has 0 atom stereocenters. The topological polar surface area (TPSA) is 48.1 Å². The van der Waals surface area contributed by atoms with E-state index in [0.29, 0.717) is 18.9 Å². The third-order valence-electron chi connectivity index (χ3n) is 1.65. The van der Waals surface area contributed by atoms with E-state index in [-0.39, 0.29) is 29.9 Å². The van der Waals surface area contributed by atoms with E-state index < -0.39 is 0 Å². The highest BCUT2D eigenvalue weighted by molar-refractivity contribution is 5.30. The molecule has 0 amide bonds. The van der Waals surface area contributed by atoms with Crippen molar-refractivity contribution in [2.45, 2.75) is 5.92 Å². The van der Waals surface area contributed by atoms with Crippen LogP contribution in [0.2, 0.25) is 0 Å². The quantitative estimate of drug-likeness (QED) is 0.648. The largest absolute Gasteiger partial charge is 0.384 e. The van der Waals surface area contributed by atoms with Crippen molar-refractivity contribution in [3.8, 4) is 0 Å². The van der Waals surface area contributed by atoms with Crippen LogP contribution in [-0.4, -0.2) is 18.2 Å². The molecule has 1 aliphatic heterocycles. The molecule has 58 valence electrons. The van der Waals surface area contributed by atoms with E-state index in [0.717, 1.165) is 0 Å². The lowest BCUT2D eigenvalue weighted by Crippen LogP contribution is -2.26. The van der Waals surface area contributed by atoms with Crippen LogP contribution in [0.3, 0.4) is 0 Å². The number of hydrogen-bond donors (Lipinski definition) is 1. The summed E-state index contributed by atoms with van der Waals surface area (Å²) in [4.78, 5) is 3.96. The first-order valence-electron chi connectivity index (χ1n) is 4.92. The second-order valence-corrected chi connectivity index (χ2v) is 2.49. The molecule has 2 rings (SSSR count). The molecule has 0 spiro atoms. The van der Waals surface area contributed by atoms with Crippen LogP contribution in [-0.2, 0) is 4.74 Å². The molecule has 0 aliphatic carbocycles. The summed E-state index contributed by atoms with van der Waals surface area (Å²) in [5.41, 5.74) is 5.95. The highest BCUT2D eigenvalue weighted by Crippen LogP contribution is 2.22. The third-order valence-corrected chi connectivity index (χ3v) is 1.65. The Morgan fingerprint density at radius 1 is 1.64 bits per heavy atom. The first-order chi connectivity index (χ1) is 6.61. The van der Waals surface area contributed by atoms with Crippen LogP contribution < -0.4 is 5.73 Å². The molecule has 0 unspecified atom stereocenters. The molecule has 0 radical (unpaired) electrons. The van der Waals surface area contributed by atoms with Gasteiger partial charge in [-0.05, 0) is 12.1 Å². The molecular weight excluding hydrogens is 140 g/mol. The molecule has 3 heteroatoms. The summed E-state index contributed by atoms with van der Waals surface area (Å²) in [6.45, 7) is 1.05. The number of nitrogens with zero attached hydrogens (tertiary/aromatic N) is 1. The standard InChI is InChI=1S/C8H10N2O/c9-8-3-1-2-7(10-8)6-4-11-5-6/h1-3,6H,4-5H2,(H2,9,10)/i1D,2D,3D. The van der Waals surface area contributed by atoms with Crippen LogP contribution in [0.25, 0.3) is 0 Å². The number of pyridine rings is 1. The number of ether oxygens (including phenoxy) is 1. The molecule has 1 saturated heterocycles. The average molecular weight is 153 g/mol. The van der Waals surface area contributed by atoms with E-state index in [9.17, 15) is 0 Å². The molecule has 0 saturated carbocycles. The summed E-state index contributed by atoms with van der Waals surface area (Å²) in [5.74, 6) is 0.0856. The predicted molar refractivity (Wildman–Crippen MR) is 42.2 cm³/mol. The lowest BCUT2D eigenvalue weighted by atomic mass is 10.0. The summed E-state index contributed by atoms with van der Waals surface area (Å²) in [6, 6.07) is -0.323. The van der Waals surface area contributed by atoms with Gasteiger partial charge < -0.3 is 10.5 Å². The van der Waals surface area contributed by atoms with Gasteiger partial charge in [0.15, 0.2) is 0 Å². The number of hydrogen-bond acceptors (Lipinski definition) is 3. The van der Waals surface area contributed by atoms with E-state index in [2.05, 4.69) is 4.98 Å². The van der Waals surface area contributed by atoms with Crippen LogP contribution in [0.1, 0.15) is 15.7 Å². The minimum Gasteiger partial charge on any atom is -0.384 e. The third kappa shape index (κ3) is 1.19. The van der Waals surface area contributed by atoms with Crippen molar-refractivity contribution in [2.24, 2.45) is 0 Å². The van der Waals surface area contributed by atoms with Gasteiger partial charge in [-0.3, -0.25) is 0 Å². The van der Waals surface area contributed by atoms with Crippen molar-refractivity contribution in [1.82, 2.24) is 4.98 Å². The molecule has 0 aromatic carbocycles. The Kier molecular flexibility index (Phi) is 0.927. The van der Waals surface area contributed by atoms with E-state index >= 15 is 0 Å². The molecule has 1 aliphatic rings. The molecule has 1 fully saturated rings. The summed E-state index contributed by atoms with van der Waals surface area (Å²) < 4.78 is 27.5. The van der Waals surface area contributed by atoms with Gasteiger partial charge in [-0.25, -0.2) is 4.98 Å². The van der Waals surface area contributed by atoms with E-state index in [1.807, 2.05) is 0 Å². The Morgan fingerprint density at radius 3 is 3.09 bits per heavy atom. The van der Waals surface area contributed by atoms with Crippen molar-refractivity contribution < 1.29 is 8.85 Å². The number of anilines is 1. The van der Waals surface area contributed by atoms with Crippen LogP contribution >= 0.6 is 0 Å². The fourth-order valence-electron chi connectivity index (χ4n) is 0.932. The molecule has 11 heavy (non-hydrogen) atoms. The first-order valence-corrected chi connectivity index (χ1v) is 3.42. The van der Waals surface area contributed by atoms with Gasteiger partial charge in [0.2, 0.25) is 0 Å². The van der Waals surface area contributed by atoms with Crippen molar-refractivity contribution in [3.05, 3.63) is 23.8 Å². The zero-order valence-corrected chi connectivity index (χ0v) is 5.92. The summed E-state index contributed by atoms with van der Waals surface area (Å²) in [6.07, 6.45) is 0. The second-order valence-electron chi connectivity index (χ2n) is 2.49. The molecule has 1 aromatic heterocycles. The van der Waals surface area contributed by atoms with E-state index in [4.69, 9.17) is 14.6 Å². The first kappa shape index (κ1) is 4.07. The fraction of sp³-hybridized carbons (Fsp3) is 0.375. The normalized spacial score (nSPS) is 21.6. The van der Waals surface area contributed by atoms with Gasteiger partial charge in [-0.2, -0.15) is 0 Å². The fourth-order valence-corrected chi connectivity index (χ4v) is 0.932. The van der Waals surface area contributed by atoms with Gasteiger partial charge in [0.25, 0.3) is 0 Å². The Balaban J connectivity index is 2.49. The smallest absolute Gasteiger partial charge is 0.123 e. The van der Waals surface area contributed by atoms with E-state index in [1.54, 1.807) is 0 Å². The van der Waals surface area contributed by atoms with Gasteiger partial charge in [0.1, 0.15) is 5.82 Å². The number of nitrogens with two attached hydrogens (primary N) is 1. The summed E-state index contributed by atoms with van der Waals surface area (Å²) in [5, 5.41) is 0. The monoisotopic (exact) mass is 153 g/mol. The van der Waals surface area contributed by atoms with Gasteiger partial charge in [-0.1, -0.05) is 6.04 Å². The summed E-state index contributed by atoms with van der Waals surface area (Å²) in [7, 11) is 0. The highest BCUT2D eigenvalue weighted by atomic mass is 16.5. The van der Waals surface area contributed by atoms with Crippen LogP contribution in [0.4, 0.5) is 5.82 Å². The van der Waals surface area contributed by atoms with Gasteiger partial charge in [0, 0.05) is 5.92 Å². The predicted octanol–water partition coefficient (Wildman–Crippen LogP) is 0.778. The van der Waals surface area contributed by atoms with Gasteiger partial charge in [-0.15, -0.1) is 0 Å². The van der Waals surface area contributed by atoms with Gasteiger partial charge in [0.05, 0.1) is 23.0 Å². The Hall–Kier alpha value is -1.09. The lowest BCUT2D eigenvalue weighted by molar-refractivity contribution is 0.00678. The Bertz CT molecular complexity index is 379. The number of rotatable bonds is 1. The number of nitrogen functional groups attached to an aromatic ring is 1. The Morgan fingerprint density at radius 2 is 2.45 bits per heavy atom. The molecule has 3 nitrogen and oxygen atoms in total. The van der Waals surface area contributed by atoms with Crippen LogP contribution in [0, 0.1) is 0 Å². The van der Waals surface area contributed by atoms with Crippen molar-refractivity contribution in [1.29, 1.82) is 0 Å². The van der Waals surface area contributed by atoms with E-state index in [1.165, 1.54) is 0 Å². The average Bonchev–Trinajstić information content (AvgIpc) is 2.08. The Labute approximate surface area is 69.4 Å². The maximum Gasteiger partial charge on any atom is 0.123 e. The molecule has 2 N–H and O–H groups in total. The maximum atomic E-state index is 7.62. The zero-order valence-electron chi connectivity index (χ0n) is 8.92. The lowest BCUT2D eigenvalue weighted by Gasteiger charge is -2.25. The van der Waals surface area contributed by atoms with Crippen molar-refractivity contribution in [2.75, 3.05) is 18.9 Å². The van der Waals surface area contributed by atoms with Crippen LogP contribution in [0.15, 0.2) is 18.1 Å². The minimum absolute atomic E-state index is 0.00231. The molecule has 0 bridgehead atoms. The highest BCUT2D eigenvalue weighted by Gasteiger charge is 2.21. The number of aromatic nitrogens is 1. The molecule has 1 aromatic rings. The van der Waals surface area contributed by atoms with Crippen LogP contribution in [0.5, 0.6) is 0 Å².